The van der Waals surface area contributed by atoms with Gasteiger partial charge in [0.15, 0.2) is 5.78 Å². The van der Waals surface area contributed by atoms with Crippen molar-refractivity contribution in [2.24, 2.45) is 5.92 Å². The highest BCUT2D eigenvalue weighted by Crippen LogP contribution is 2.16. The average molecular weight is 171 g/mol. The van der Waals surface area contributed by atoms with Crippen LogP contribution < -0.4 is 5.32 Å². The number of ether oxygens (including phenoxy) is 1. The van der Waals surface area contributed by atoms with Crippen molar-refractivity contribution >= 4 is 11.8 Å². The molecule has 1 rings (SSSR count). The SMILES string of the molecule is CC[C@H]1C(=O)CN[C@@H]1C(=O)OC. The Balaban J connectivity index is 2.66. The molecule has 0 spiro atoms. The lowest BCUT2D eigenvalue weighted by Crippen LogP contribution is -2.36. The summed E-state index contributed by atoms with van der Waals surface area (Å²) in [5.74, 6) is -0.432. The molecule has 1 fully saturated rings. The van der Waals surface area contributed by atoms with E-state index in [4.69, 9.17) is 0 Å². The van der Waals surface area contributed by atoms with E-state index in [1.165, 1.54) is 7.11 Å². The largest absolute Gasteiger partial charge is 0.468 e. The predicted octanol–water partition coefficient (Wildman–Crippen LogP) is -0.274. The first-order valence-electron chi connectivity index (χ1n) is 4.04. The van der Waals surface area contributed by atoms with Gasteiger partial charge in [0, 0.05) is 5.92 Å². The van der Waals surface area contributed by atoms with E-state index in [9.17, 15) is 9.59 Å². The second-order valence-corrected chi connectivity index (χ2v) is 2.86. The number of hydrogen-bond donors (Lipinski definition) is 1. The molecular weight excluding hydrogens is 158 g/mol. The third kappa shape index (κ3) is 1.48. The van der Waals surface area contributed by atoms with E-state index in [1.807, 2.05) is 6.92 Å². The third-order valence-corrected chi connectivity index (χ3v) is 2.21. The number of carbonyl (C=O) groups excluding carboxylic acids is 2. The summed E-state index contributed by atoms with van der Waals surface area (Å²) < 4.78 is 4.56. The maximum Gasteiger partial charge on any atom is 0.323 e. The Hall–Kier alpha value is -0.900. The molecule has 2 atom stereocenters. The topological polar surface area (TPSA) is 55.4 Å². The van der Waals surface area contributed by atoms with Crippen LogP contribution in [0.1, 0.15) is 13.3 Å². The van der Waals surface area contributed by atoms with Crippen LogP contribution >= 0.6 is 0 Å². The van der Waals surface area contributed by atoms with Gasteiger partial charge < -0.3 is 4.74 Å². The van der Waals surface area contributed by atoms with Crippen molar-refractivity contribution in [2.45, 2.75) is 19.4 Å². The van der Waals surface area contributed by atoms with Gasteiger partial charge in [-0.25, -0.2) is 0 Å². The van der Waals surface area contributed by atoms with Gasteiger partial charge in [0.25, 0.3) is 0 Å². The fourth-order valence-electron chi connectivity index (χ4n) is 1.51. The molecule has 1 heterocycles. The Morgan fingerprint density at radius 1 is 1.75 bits per heavy atom. The van der Waals surface area contributed by atoms with Crippen molar-refractivity contribution in [1.82, 2.24) is 5.32 Å². The summed E-state index contributed by atoms with van der Waals surface area (Å²) in [7, 11) is 1.33. The summed E-state index contributed by atoms with van der Waals surface area (Å²) >= 11 is 0. The Morgan fingerprint density at radius 3 is 2.92 bits per heavy atom. The zero-order valence-electron chi connectivity index (χ0n) is 7.29. The lowest BCUT2D eigenvalue weighted by atomic mass is 9.97. The minimum Gasteiger partial charge on any atom is -0.468 e. The molecule has 0 amide bonds. The molecule has 4 heteroatoms. The third-order valence-electron chi connectivity index (χ3n) is 2.21. The van der Waals surface area contributed by atoms with Gasteiger partial charge in [0.2, 0.25) is 0 Å². The van der Waals surface area contributed by atoms with E-state index in [0.717, 1.165) is 0 Å². The summed E-state index contributed by atoms with van der Waals surface area (Å²) in [6.45, 7) is 2.18. The van der Waals surface area contributed by atoms with Crippen LogP contribution in [0.3, 0.4) is 0 Å². The van der Waals surface area contributed by atoms with Crippen molar-refractivity contribution in [3.63, 3.8) is 0 Å². The number of nitrogens with one attached hydrogen (secondary N) is 1. The van der Waals surface area contributed by atoms with Crippen molar-refractivity contribution < 1.29 is 14.3 Å². The molecule has 0 aromatic heterocycles. The van der Waals surface area contributed by atoms with Gasteiger partial charge in [-0.2, -0.15) is 0 Å². The van der Waals surface area contributed by atoms with Gasteiger partial charge in [0.1, 0.15) is 6.04 Å². The molecule has 12 heavy (non-hydrogen) atoms. The van der Waals surface area contributed by atoms with Crippen LogP contribution in [0.15, 0.2) is 0 Å². The molecule has 0 unspecified atom stereocenters. The number of rotatable bonds is 2. The fraction of sp³-hybridized carbons (Fsp3) is 0.750. The smallest absolute Gasteiger partial charge is 0.323 e. The molecule has 4 nitrogen and oxygen atoms in total. The standard InChI is InChI=1S/C8H13NO3/c1-3-5-6(10)4-9-7(5)8(11)12-2/h5,7,9H,3-4H2,1-2H3/t5-,7-/m0/s1. The van der Waals surface area contributed by atoms with Crippen molar-refractivity contribution in [3.05, 3.63) is 0 Å². The van der Waals surface area contributed by atoms with Crippen LogP contribution in [0.2, 0.25) is 0 Å². The molecule has 0 aromatic carbocycles. The highest BCUT2D eigenvalue weighted by Gasteiger charge is 2.38. The van der Waals surface area contributed by atoms with E-state index >= 15 is 0 Å². The molecule has 1 N–H and O–H groups in total. The fourth-order valence-corrected chi connectivity index (χ4v) is 1.51. The second kappa shape index (κ2) is 3.67. The quantitative estimate of drug-likeness (QED) is 0.581. The second-order valence-electron chi connectivity index (χ2n) is 2.86. The van der Waals surface area contributed by atoms with Crippen molar-refractivity contribution in [2.75, 3.05) is 13.7 Å². The highest BCUT2D eigenvalue weighted by atomic mass is 16.5. The molecule has 0 bridgehead atoms. The van der Waals surface area contributed by atoms with Gasteiger partial charge in [-0.3, -0.25) is 14.9 Å². The first kappa shape index (κ1) is 9.19. The van der Waals surface area contributed by atoms with Crippen molar-refractivity contribution in [1.29, 1.82) is 0 Å². The minimum absolute atomic E-state index is 0.105. The Morgan fingerprint density at radius 2 is 2.42 bits per heavy atom. The zero-order chi connectivity index (χ0) is 9.14. The van der Waals surface area contributed by atoms with Crippen LogP contribution in [0.5, 0.6) is 0 Å². The van der Waals surface area contributed by atoms with Crippen LogP contribution in [0, 0.1) is 5.92 Å². The molecule has 1 aliphatic rings. The van der Waals surface area contributed by atoms with E-state index in [2.05, 4.69) is 10.1 Å². The van der Waals surface area contributed by atoms with Gasteiger partial charge >= 0.3 is 5.97 Å². The molecule has 0 aromatic rings. The van der Waals surface area contributed by atoms with Gasteiger partial charge in [-0.15, -0.1) is 0 Å². The maximum absolute atomic E-state index is 11.2. The summed E-state index contributed by atoms with van der Waals surface area (Å²) in [6.07, 6.45) is 0.686. The number of carbonyl (C=O) groups is 2. The van der Waals surface area contributed by atoms with Crippen molar-refractivity contribution in [3.8, 4) is 0 Å². The van der Waals surface area contributed by atoms with Crippen LogP contribution in [-0.2, 0) is 14.3 Å². The molecule has 0 aliphatic carbocycles. The Kier molecular flexibility index (Phi) is 2.81. The summed E-state index contributed by atoms with van der Waals surface area (Å²) in [5, 5.41) is 2.83. The minimum atomic E-state index is -0.424. The molecule has 1 aliphatic heterocycles. The number of methoxy groups -OCH3 is 1. The van der Waals surface area contributed by atoms with E-state index in [0.29, 0.717) is 6.42 Å². The molecular formula is C8H13NO3. The number of ketones is 1. The normalized spacial score (nSPS) is 29.0. The molecule has 0 radical (unpaired) electrons. The number of Topliss-reactive ketones (excluding diaryl/α,β-unsaturated/α-hetero) is 1. The Labute approximate surface area is 71.3 Å². The van der Waals surface area contributed by atoms with E-state index in [1.54, 1.807) is 0 Å². The van der Waals surface area contributed by atoms with E-state index in [-0.39, 0.29) is 24.2 Å². The first-order chi connectivity index (χ1) is 5.70. The Bertz CT molecular complexity index is 202. The lowest BCUT2D eigenvalue weighted by molar-refractivity contribution is -0.144. The molecule has 0 saturated carbocycles. The monoisotopic (exact) mass is 171 g/mol. The number of hydrogen-bond acceptors (Lipinski definition) is 4. The summed E-state index contributed by atoms with van der Waals surface area (Å²) in [6, 6.07) is -0.424. The average Bonchev–Trinajstić information content (AvgIpc) is 2.45. The lowest BCUT2D eigenvalue weighted by Gasteiger charge is -2.13. The number of esters is 1. The highest BCUT2D eigenvalue weighted by molar-refractivity contribution is 5.93. The van der Waals surface area contributed by atoms with Crippen LogP contribution in [0.25, 0.3) is 0 Å². The first-order valence-corrected chi connectivity index (χ1v) is 4.04. The van der Waals surface area contributed by atoms with Crippen LogP contribution in [-0.4, -0.2) is 31.4 Å². The predicted molar refractivity (Wildman–Crippen MR) is 42.6 cm³/mol. The van der Waals surface area contributed by atoms with Gasteiger partial charge in [0.05, 0.1) is 13.7 Å². The summed E-state index contributed by atoms with van der Waals surface area (Å²) in [5.41, 5.74) is 0. The maximum atomic E-state index is 11.2. The zero-order valence-corrected chi connectivity index (χ0v) is 7.29. The van der Waals surface area contributed by atoms with Crippen LogP contribution in [0.4, 0.5) is 0 Å². The van der Waals surface area contributed by atoms with E-state index < -0.39 is 6.04 Å². The molecule has 68 valence electrons. The van der Waals surface area contributed by atoms with Gasteiger partial charge in [-0.1, -0.05) is 6.92 Å². The van der Waals surface area contributed by atoms with Gasteiger partial charge in [-0.05, 0) is 6.42 Å². The molecule has 1 saturated heterocycles. The summed E-state index contributed by atoms with van der Waals surface area (Å²) in [4.78, 5) is 22.3.